The van der Waals surface area contributed by atoms with Crippen LogP contribution < -0.4 is 0 Å². The van der Waals surface area contributed by atoms with Gasteiger partial charge in [-0.3, -0.25) is 0 Å². The first-order valence-corrected chi connectivity index (χ1v) is 8.27. The van der Waals surface area contributed by atoms with E-state index in [1.54, 1.807) is 18.2 Å². The van der Waals surface area contributed by atoms with E-state index in [9.17, 15) is 10.2 Å². The minimum atomic E-state index is -0.0670. The van der Waals surface area contributed by atoms with Gasteiger partial charge in [0.1, 0.15) is 11.5 Å². The number of rotatable bonds is 5. The van der Waals surface area contributed by atoms with Crippen molar-refractivity contribution in [1.29, 1.82) is 0 Å². The zero-order chi connectivity index (χ0) is 16.9. The van der Waals surface area contributed by atoms with Crippen molar-refractivity contribution in [2.75, 3.05) is 0 Å². The molecule has 2 unspecified atom stereocenters. The molecule has 0 saturated heterocycles. The van der Waals surface area contributed by atoms with Crippen molar-refractivity contribution in [1.82, 2.24) is 0 Å². The van der Waals surface area contributed by atoms with Gasteiger partial charge in [-0.25, -0.2) is 0 Å². The molecule has 3 rings (SSSR count). The van der Waals surface area contributed by atoms with Crippen LogP contribution in [-0.2, 0) is 0 Å². The summed E-state index contributed by atoms with van der Waals surface area (Å²) >= 11 is 0. The summed E-state index contributed by atoms with van der Waals surface area (Å²) in [6.45, 7) is 2.18. The van der Waals surface area contributed by atoms with Gasteiger partial charge in [-0.15, -0.1) is 0 Å². The summed E-state index contributed by atoms with van der Waals surface area (Å²) in [4.78, 5) is 0. The molecule has 0 aliphatic heterocycles. The molecule has 0 radical (unpaired) electrons. The zero-order valence-electron chi connectivity index (χ0n) is 13.8. The van der Waals surface area contributed by atoms with Gasteiger partial charge < -0.3 is 10.2 Å². The van der Waals surface area contributed by atoms with Gasteiger partial charge in [0.15, 0.2) is 0 Å². The Labute approximate surface area is 143 Å². The predicted octanol–water partition coefficient (Wildman–Crippen LogP) is 5.42. The Morgan fingerprint density at radius 3 is 1.71 bits per heavy atom. The fourth-order valence-corrected chi connectivity index (χ4v) is 3.28. The summed E-state index contributed by atoms with van der Waals surface area (Å²) in [5, 5.41) is 20.7. The average Bonchev–Trinajstić information content (AvgIpc) is 2.62. The standard InChI is InChI=1S/C22H22O2/c1-16(17-9-4-2-5-10-17)15-19(18-11-6-3-7-12-18)22-20(23)13-8-14-21(22)24/h2-14,16,19,23-24H,15H2,1H3. The number of aromatic hydroxyl groups is 2. The van der Waals surface area contributed by atoms with Crippen LogP contribution in [0, 0.1) is 0 Å². The molecule has 2 atom stereocenters. The third-order valence-electron chi connectivity index (χ3n) is 4.57. The van der Waals surface area contributed by atoms with Crippen LogP contribution in [0.2, 0.25) is 0 Å². The van der Waals surface area contributed by atoms with E-state index in [-0.39, 0.29) is 17.4 Å². The number of benzene rings is 3. The molecule has 0 aromatic heterocycles. The molecule has 0 saturated carbocycles. The van der Waals surface area contributed by atoms with Crippen LogP contribution in [0.25, 0.3) is 0 Å². The topological polar surface area (TPSA) is 40.5 Å². The lowest BCUT2D eigenvalue weighted by atomic mass is 9.81. The maximum Gasteiger partial charge on any atom is 0.123 e. The molecule has 0 aliphatic rings. The molecule has 3 aromatic rings. The number of hydrogen-bond acceptors (Lipinski definition) is 2. The number of hydrogen-bond donors (Lipinski definition) is 2. The smallest absolute Gasteiger partial charge is 0.123 e. The molecule has 0 amide bonds. The van der Waals surface area contributed by atoms with Gasteiger partial charge in [0.25, 0.3) is 0 Å². The highest BCUT2D eigenvalue weighted by atomic mass is 16.3. The van der Waals surface area contributed by atoms with Crippen LogP contribution in [0.4, 0.5) is 0 Å². The fourth-order valence-electron chi connectivity index (χ4n) is 3.28. The van der Waals surface area contributed by atoms with E-state index in [1.165, 1.54) is 5.56 Å². The van der Waals surface area contributed by atoms with Gasteiger partial charge in [0.05, 0.1) is 0 Å². The molecule has 2 N–H and O–H groups in total. The van der Waals surface area contributed by atoms with E-state index in [2.05, 4.69) is 19.1 Å². The van der Waals surface area contributed by atoms with Crippen molar-refractivity contribution in [3.8, 4) is 11.5 Å². The third-order valence-corrected chi connectivity index (χ3v) is 4.57. The molecule has 2 heteroatoms. The SMILES string of the molecule is CC(CC(c1ccccc1)c1c(O)cccc1O)c1ccccc1. The van der Waals surface area contributed by atoms with Gasteiger partial charge >= 0.3 is 0 Å². The lowest BCUT2D eigenvalue weighted by molar-refractivity contribution is 0.427. The molecule has 0 heterocycles. The Balaban J connectivity index is 2.00. The Morgan fingerprint density at radius 1 is 0.667 bits per heavy atom. The van der Waals surface area contributed by atoms with Crippen molar-refractivity contribution in [3.63, 3.8) is 0 Å². The first-order valence-electron chi connectivity index (χ1n) is 8.27. The summed E-state index contributed by atoms with van der Waals surface area (Å²) in [5.74, 6) is 0.520. The number of phenols is 2. The van der Waals surface area contributed by atoms with Crippen molar-refractivity contribution < 1.29 is 10.2 Å². The minimum Gasteiger partial charge on any atom is -0.508 e. The fraction of sp³-hybridized carbons (Fsp3) is 0.182. The lowest BCUT2D eigenvalue weighted by Crippen LogP contribution is -2.07. The molecule has 0 fully saturated rings. The van der Waals surface area contributed by atoms with E-state index in [0.717, 1.165) is 12.0 Å². The van der Waals surface area contributed by atoms with E-state index < -0.39 is 0 Å². The summed E-state index contributed by atoms with van der Waals surface area (Å²) < 4.78 is 0. The molecule has 0 bridgehead atoms. The largest absolute Gasteiger partial charge is 0.508 e. The quantitative estimate of drug-likeness (QED) is 0.659. The van der Waals surface area contributed by atoms with Crippen molar-refractivity contribution in [2.24, 2.45) is 0 Å². The zero-order valence-corrected chi connectivity index (χ0v) is 13.8. The van der Waals surface area contributed by atoms with Crippen molar-refractivity contribution in [2.45, 2.75) is 25.2 Å². The lowest BCUT2D eigenvalue weighted by Gasteiger charge is -2.24. The highest BCUT2D eigenvalue weighted by Crippen LogP contribution is 2.42. The Bertz CT molecular complexity index is 761. The summed E-state index contributed by atoms with van der Waals surface area (Å²) in [6.07, 6.45) is 0.805. The Hall–Kier alpha value is -2.74. The van der Waals surface area contributed by atoms with E-state index >= 15 is 0 Å². The molecule has 3 aromatic carbocycles. The second-order valence-corrected chi connectivity index (χ2v) is 6.22. The molecule has 24 heavy (non-hydrogen) atoms. The van der Waals surface area contributed by atoms with E-state index in [1.807, 2.05) is 48.5 Å². The predicted molar refractivity (Wildman–Crippen MR) is 97.5 cm³/mol. The molecular formula is C22H22O2. The summed E-state index contributed by atoms with van der Waals surface area (Å²) in [6, 6.07) is 25.3. The van der Waals surface area contributed by atoms with Gasteiger partial charge in [0.2, 0.25) is 0 Å². The van der Waals surface area contributed by atoms with Crippen LogP contribution in [0.3, 0.4) is 0 Å². The first kappa shape index (κ1) is 16.1. The van der Waals surface area contributed by atoms with E-state index in [4.69, 9.17) is 0 Å². The average molecular weight is 318 g/mol. The highest BCUT2D eigenvalue weighted by molar-refractivity contribution is 5.49. The maximum atomic E-state index is 10.3. The molecule has 122 valence electrons. The van der Waals surface area contributed by atoms with Gasteiger partial charge in [-0.2, -0.15) is 0 Å². The van der Waals surface area contributed by atoms with Gasteiger partial charge in [-0.1, -0.05) is 73.7 Å². The monoisotopic (exact) mass is 318 g/mol. The van der Waals surface area contributed by atoms with Crippen molar-refractivity contribution in [3.05, 3.63) is 95.6 Å². The molecular weight excluding hydrogens is 296 g/mol. The van der Waals surface area contributed by atoms with Gasteiger partial charge in [-0.05, 0) is 35.6 Å². The van der Waals surface area contributed by atoms with Gasteiger partial charge in [0, 0.05) is 11.5 Å². The second kappa shape index (κ2) is 7.22. The van der Waals surface area contributed by atoms with Crippen LogP contribution in [-0.4, -0.2) is 10.2 Å². The number of phenolic OH excluding ortho intramolecular Hbond substituents is 2. The Kier molecular flexibility index (Phi) is 4.85. The summed E-state index contributed by atoms with van der Waals surface area (Å²) in [5.41, 5.74) is 2.96. The minimum absolute atomic E-state index is 0.0670. The summed E-state index contributed by atoms with van der Waals surface area (Å²) in [7, 11) is 0. The van der Waals surface area contributed by atoms with Crippen LogP contribution in [0.15, 0.2) is 78.9 Å². The van der Waals surface area contributed by atoms with Crippen LogP contribution >= 0.6 is 0 Å². The van der Waals surface area contributed by atoms with Crippen LogP contribution in [0.1, 0.15) is 41.9 Å². The van der Waals surface area contributed by atoms with Crippen molar-refractivity contribution >= 4 is 0 Å². The van der Waals surface area contributed by atoms with Crippen LogP contribution in [0.5, 0.6) is 11.5 Å². The normalized spacial score (nSPS) is 13.4. The highest BCUT2D eigenvalue weighted by Gasteiger charge is 2.23. The molecule has 2 nitrogen and oxygen atoms in total. The first-order chi connectivity index (χ1) is 11.7. The molecule has 0 spiro atoms. The van der Waals surface area contributed by atoms with E-state index in [0.29, 0.717) is 11.5 Å². The second-order valence-electron chi connectivity index (χ2n) is 6.22. The third kappa shape index (κ3) is 3.43. The Morgan fingerprint density at radius 2 is 1.17 bits per heavy atom. The maximum absolute atomic E-state index is 10.3. The molecule has 0 aliphatic carbocycles.